The number of furan rings is 1. The normalized spacial score (nSPS) is 14.7. The Balaban J connectivity index is 1.36. The van der Waals surface area contributed by atoms with Crippen molar-refractivity contribution in [2.75, 3.05) is 31.1 Å². The molecule has 2 aromatic carbocycles. The molecule has 2 aromatic heterocycles. The monoisotopic (exact) mass is 481 g/mol. The van der Waals surface area contributed by atoms with Crippen molar-refractivity contribution < 1.29 is 22.4 Å². The van der Waals surface area contributed by atoms with E-state index in [1.165, 1.54) is 12.1 Å². The molecule has 1 saturated heterocycles. The van der Waals surface area contributed by atoms with Crippen molar-refractivity contribution in [1.82, 2.24) is 9.47 Å². The molecule has 0 N–H and O–H groups in total. The molecule has 5 rings (SSSR count). The van der Waals surface area contributed by atoms with E-state index < -0.39 is 11.7 Å². The minimum atomic E-state index is -4.38. The summed E-state index contributed by atoms with van der Waals surface area (Å²) in [6.45, 7) is 6.21. The van der Waals surface area contributed by atoms with Crippen LogP contribution in [0.4, 0.5) is 18.9 Å². The van der Waals surface area contributed by atoms with E-state index in [0.29, 0.717) is 49.7 Å². The first-order chi connectivity index (χ1) is 16.7. The van der Waals surface area contributed by atoms with Gasteiger partial charge in [-0.1, -0.05) is 35.9 Å². The average Bonchev–Trinajstić information content (AvgIpc) is 3.35. The number of benzene rings is 2. The van der Waals surface area contributed by atoms with Crippen LogP contribution in [0.5, 0.6) is 0 Å². The molecule has 8 heteroatoms. The van der Waals surface area contributed by atoms with Gasteiger partial charge in [-0.05, 0) is 37.6 Å². The summed E-state index contributed by atoms with van der Waals surface area (Å²) in [5.41, 5.74) is 4.17. The third kappa shape index (κ3) is 4.65. The number of aromatic nitrogens is 1. The predicted molar refractivity (Wildman–Crippen MR) is 129 cm³/mol. The first-order valence-corrected chi connectivity index (χ1v) is 11.6. The lowest BCUT2D eigenvalue weighted by Gasteiger charge is -2.36. The molecule has 1 fully saturated rings. The lowest BCUT2D eigenvalue weighted by molar-refractivity contribution is -0.137. The summed E-state index contributed by atoms with van der Waals surface area (Å²) in [5.74, 6) is 0.673. The number of hydrogen-bond acceptors (Lipinski definition) is 3. The molecular formula is C27H26F3N3O2. The second kappa shape index (κ2) is 8.83. The van der Waals surface area contributed by atoms with Crippen LogP contribution >= 0.6 is 0 Å². The number of anilines is 1. The zero-order valence-corrected chi connectivity index (χ0v) is 19.6. The van der Waals surface area contributed by atoms with E-state index in [9.17, 15) is 18.0 Å². The van der Waals surface area contributed by atoms with Gasteiger partial charge < -0.3 is 18.8 Å². The largest absolute Gasteiger partial charge is 0.460 e. The van der Waals surface area contributed by atoms with Crippen molar-refractivity contribution in [2.24, 2.45) is 0 Å². The SMILES string of the molecule is Cc1cccc(Cn2c(C(=O)N3CCN(c4cccc(C(F)(F)F)c4)CC3)cc3oc(C)cc32)c1. The van der Waals surface area contributed by atoms with Gasteiger partial charge in [0.25, 0.3) is 5.91 Å². The second-order valence-electron chi connectivity index (χ2n) is 9.04. The molecule has 1 amide bonds. The molecule has 0 atom stereocenters. The minimum absolute atomic E-state index is 0.106. The molecule has 0 spiro atoms. The third-order valence-corrected chi connectivity index (χ3v) is 6.46. The number of alkyl halides is 3. The van der Waals surface area contributed by atoms with Gasteiger partial charge in [-0.25, -0.2) is 0 Å². The van der Waals surface area contributed by atoms with Gasteiger partial charge in [0, 0.05) is 50.5 Å². The van der Waals surface area contributed by atoms with E-state index in [4.69, 9.17) is 4.42 Å². The van der Waals surface area contributed by atoms with Gasteiger partial charge in [-0.3, -0.25) is 4.79 Å². The Hall–Kier alpha value is -3.68. The number of amides is 1. The van der Waals surface area contributed by atoms with E-state index >= 15 is 0 Å². The zero-order chi connectivity index (χ0) is 24.7. The van der Waals surface area contributed by atoms with E-state index in [1.807, 2.05) is 47.6 Å². The van der Waals surface area contributed by atoms with Crippen LogP contribution in [0.3, 0.4) is 0 Å². The van der Waals surface area contributed by atoms with Gasteiger partial charge in [0.1, 0.15) is 11.5 Å². The maximum Gasteiger partial charge on any atom is 0.416 e. The number of halogens is 3. The Labute approximate surface area is 201 Å². The number of nitrogens with zero attached hydrogens (tertiary/aromatic N) is 3. The second-order valence-corrected chi connectivity index (χ2v) is 9.04. The van der Waals surface area contributed by atoms with E-state index in [-0.39, 0.29) is 5.91 Å². The molecule has 0 saturated carbocycles. The highest BCUT2D eigenvalue weighted by Crippen LogP contribution is 2.32. The fraction of sp³-hybridized carbons (Fsp3) is 0.296. The van der Waals surface area contributed by atoms with E-state index in [1.54, 1.807) is 17.0 Å². The summed E-state index contributed by atoms with van der Waals surface area (Å²) in [6.07, 6.45) is -4.38. The molecule has 1 aliphatic heterocycles. The lowest BCUT2D eigenvalue weighted by atomic mass is 10.1. The number of aryl methyl sites for hydroxylation is 2. The Bertz CT molecular complexity index is 1380. The van der Waals surface area contributed by atoms with Gasteiger partial charge in [0.15, 0.2) is 5.58 Å². The molecular weight excluding hydrogens is 455 g/mol. The number of carbonyl (C=O) groups excluding carboxylic acids is 1. The molecule has 4 aromatic rings. The molecule has 3 heterocycles. The van der Waals surface area contributed by atoms with Gasteiger partial charge in [-0.2, -0.15) is 13.2 Å². The Morgan fingerprint density at radius 1 is 0.943 bits per heavy atom. The zero-order valence-electron chi connectivity index (χ0n) is 19.6. The minimum Gasteiger partial charge on any atom is -0.460 e. The van der Waals surface area contributed by atoms with Crippen LogP contribution in [0.1, 0.15) is 32.9 Å². The highest BCUT2D eigenvalue weighted by molar-refractivity contribution is 5.98. The maximum absolute atomic E-state index is 13.6. The Morgan fingerprint density at radius 2 is 1.69 bits per heavy atom. The average molecular weight is 482 g/mol. The highest BCUT2D eigenvalue weighted by Gasteiger charge is 2.32. The van der Waals surface area contributed by atoms with Crippen LogP contribution in [-0.4, -0.2) is 41.6 Å². The van der Waals surface area contributed by atoms with E-state index in [0.717, 1.165) is 28.5 Å². The molecule has 0 aliphatic carbocycles. The molecule has 0 bridgehead atoms. The summed E-state index contributed by atoms with van der Waals surface area (Å²) in [4.78, 5) is 17.2. The summed E-state index contributed by atoms with van der Waals surface area (Å²) < 4.78 is 47.1. The van der Waals surface area contributed by atoms with Gasteiger partial charge in [0.2, 0.25) is 0 Å². The molecule has 0 radical (unpaired) electrons. The van der Waals surface area contributed by atoms with Gasteiger partial charge >= 0.3 is 6.18 Å². The predicted octanol–water partition coefficient (Wildman–Crippen LogP) is 5.88. The van der Waals surface area contributed by atoms with Crippen LogP contribution in [-0.2, 0) is 12.7 Å². The lowest BCUT2D eigenvalue weighted by Crippen LogP contribution is -2.49. The molecule has 35 heavy (non-hydrogen) atoms. The number of rotatable bonds is 4. The van der Waals surface area contributed by atoms with Crippen molar-refractivity contribution in [1.29, 1.82) is 0 Å². The van der Waals surface area contributed by atoms with Crippen LogP contribution in [0.25, 0.3) is 11.1 Å². The summed E-state index contributed by atoms with van der Waals surface area (Å²) in [6, 6.07) is 17.2. The Morgan fingerprint density at radius 3 is 2.40 bits per heavy atom. The van der Waals surface area contributed by atoms with Crippen molar-refractivity contribution in [3.8, 4) is 0 Å². The summed E-state index contributed by atoms with van der Waals surface area (Å²) in [5, 5.41) is 0. The first kappa shape index (κ1) is 23.1. The number of carbonyl (C=O) groups is 1. The molecule has 0 unspecified atom stereocenters. The fourth-order valence-corrected chi connectivity index (χ4v) is 4.71. The Kier molecular flexibility index (Phi) is 5.83. The highest BCUT2D eigenvalue weighted by atomic mass is 19.4. The van der Waals surface area contributed by atoms with Crippen LogP contribution < -0.4 is 4.90 Å². The molecule has 5 nitrogen and oxygen atoms in total. The third-order valence-electron chi connectivity index (χ3n) is 6.46. The maximum atomic E-state index is 13.6. The number of fused-ring (bicyclic) bond motifs is 1. The first-order valence-electron chi connectivity index (χ1n) is 11.6. The molecule has 1 aliphatic rings. The number of hydrogen-bond donors (Lipinski definition) is 0. The number of piperazine rings is 1. The van der Waals surface area contributed by atoms with Crippen molar-refractivity contribution >= 4 is 22.7 Å². The topological polar surface area (TPSA) is 41.6 Å². The smallest absolute Gasteiger partial charge is 0.416 e. The van der Waals surface area contributed by atoms with Crippen molar-refractivity contribution in [3.05, 3.63) is 88.8 Å². The summed E-state index contributed by atoms with van der Waals surface area (Å²) in [7, 11) is 0. The fourth-order valence-electron chi connectivity index (χ4n) is 4.71. The van der Waals surface area contributed by atoms with Gasteiger partial charge in [-0.15, -0.1) is 0 Å². The van der Waals surface area contributed by atoms with Crippen molar-refractivity contribution in [2.45, 2.75) is 26.6 Å². The van der Waals surface area contributed by atoms with Crippen LogP contribution in [0.2, 0.25) is 0 Å². The standard InChI is InChI=1S/C27H26F3N3O2/c1-18-5-3-6-20(13-18)17-33-23-14-19(2)35-25(23)16-24(33)26(34)32-11-9-31(10-12-32)22-8-4-7-21(15-22)27(28,29)30/h3-8,13-16H,9-12,17H2,1-2H3. The van der Waals surface area contributed by atoms with E-state index in [2.05, 4.69) is 6.07 Å². The molecule has 182 valence electrons. The summed E-state index contributed by atoms with van der Waals surface area (Å²) >= 11 is 0. The van der Waals surface area contributed by atoms with Crippen LogP contribution in [0, 0.1) is 13.8 Å². The quantitative estimate of drug-likeness (QED) is 0.366. The van der Waals surface area contributed by atoms with Crippen molar-refractivity contribution in [3.63, 3.8) is 0 Å². The van der Waals surface area contributed by atoms with Gasteiger partial charge in [0.05, 0.1) is 11.1 Å². The van der Waals surface area contributed by atoms with Crippen LogP contribution in [0.15, 0.2) is 65.1 Å².